The molecule has 50 heavy (non-hydrogen) atoms. The molecule has 1 fully saturated rings. The summed E-state index contributed by atoms with van der Waals surface area (Å²) >= 11 is 0. The van der Waals surface area contributed by atoms with Gasteiger partial charge in [-0.25, -0.2) is 19.2 Å². The smallest absolute Gasteiger partial charge is 0.351 e. The van der Waals surface area contributed by atoms with Crippen LogP contribution in [0, 0.1) is 0 Å². The lowest BCUT2D eigenvalue weighted by molar-refractivity contribution is -0.111. The third-order valence-corrected chi connectivity index (χ3v) is 8.01. The molecule has 1 unspecified atom stereocenters. The van der Waals surface area contributed by atoms with Gasteiger partial charge in [0, 0.05) is 11.8 Å². The lowest BCUT2D eigenvalue weighted by atomic mass is 9.95. The molecule has 12 heteroatoms. The fourth-order valence-electron chi connectivity index (χ4n) is 5.50. The van der Waals surface area contributed by atoms with Crippen molar-refractivity contribution in [3.05, 3.63) is 166 Å². The highest BCUT2D eigenvalue weighted by Crippen LogP contribution is 2.43. The van der Waals surface area contributed by atoms with Gasteiger partial charge in [0.05, 0.1) is 16.7 Å². The first kappa shape index (κ1) is 33.5. The average Bonchev–Trinajstić information content (AvgIpc) is 3.41. The Balaban J connectivity index is 1.36. The standard InChI is InChI=1S/C38H31N3O9/c1-38(50-35(45)28-20-12-5-13-21-28)31(49-34(44)27-18-10-4-11-19-27)29(24-47-33(43)26-16-8-3-9-17-26)48-36(38)41-23-22-30(40-37(41)46)39-32(42)25-14-6-2-7-15-25/h2-23,29,31,36H,24H2,1H3,(H,39,40,42,46)/t29-,31?,36+,38+/m1/s1. The average molecular weight is 674 g/mol. The minimum absolute atomic E-state index is 0.0403. The van der Waals surface area contributed by atoms with E-state index in [0.717, 1.165) is 4.57 Å². The SMILES string of the molecule is C[C@]1(OC(=O)c2ccccc2)C(OC(=O)c2ccccc2)[C@@H](COC(=O)c2ccccc2)O[C@@H]1n1ccc(NC(=O)c2ccccc2)nc1=O. The third-order valence-electron chi connectivity index (χ3n) is 8.01. The first-order chi connectivity index (χ1) is 24.2. The van der Waals surface area contributed by atoms with Crippen LogP contribution in [0.3, 0.4) is 0 Å². The summed E-state index contributed by atoms with van der Waals surface area (Å²) < 4.78 is 25.0. The number of carbonyl (C=O) groups is 4. The van der Waals surface area contributed by atoms with Crippen LogP contribution in [0.5, 0.6) is 0 Å². The first-order valence-electron chi connectivity index (χ1n) is 15.6. The Labute approximate surface area is 286 Å². The van der Waals surface area contributed by atoms with E-state index in [1.54, 1.807) is 121 Å². The molecule has 5 aromatic rings. The van der Waals surface area contributed by atoms with Gasteiger partial charge in [0.1, 0.15) is 18.5 Å². The molecule has 1 amide bonds. The van der Waals surface area contributed by atoms with Crippen molar-refractivity contribution >= 4 is 29.6 Å². The van der Waals surface area contributed by atoms with Crippen molar-refractivity contribution in [2.24, 2.45) is 0 Å². The van der Waals surface area contributed by atoms with Crippen molar-refractivity contribution in [2.75, 3.05) is 11.9 Å². The number of ether oxygens (including phenoxy) is 4. The van der Waals surface area contributed by atoms with Gasteiger partial charge in [-0.15, -0.1) is 0 Å². The minimum Gasteiger partial charge on any atom is -0.459 e. The van der Waals surface area contributed by atoms with Gasteiger partial charge in [-0.2, -0.15) is 4.98 Å². The quantitative estimate of drug-likeness (QED) is 0.157. The molecule has 0 bridgehead atoms. The van der Waals surface area contributed by atoms with E-state index in [4.69, 9.17) is 18.9 Å². The van der Waals surface area contributed by atoms with Crippen LogP contribution in [-0.4, -0.2) is 57.8 Å². The van der Waals surface area contributed by atoms with Crippen LogP contribution in [0.1, 0.15) is 54.6 Å². The second-order valence-corrected chi connectivity index (χ2v) is 11.4. The molecule has 1 saturated heterocycles. The van der Waals surface area contributed by atoms with E-state index >= 15 is 0 Å². The Morgan fingerprint density at radius 3 is 1.76 bits per heavy atom. The van der Waals surface area contributed by atoms with Crippen molar-refractivity contribution in [1.29, 1.82) is 0 Å². The summed E-state index contributed by atoms with van der Waals surface area (Å²) in [5, 5.41) is 2.59. The summed E-state index contributed by atoms with van der Waals surface area (Å²) in [6.07, 6.45) is -2.76. The number of hydrogen-bond acceptors (Lipinski definition) is 10. The van der Waals surface area contributed by atoms with E-state index in [2.05, 4.69) is 10.3 Å². The first-order valence-corrected chi connectivity index (χ1v) is 15.6. The van der Waals surface area contributed by atoms with Gasteiger partial charge in [0.2, 0.25) is 0 Å². The highest BCUT2D eigenvalue weighted by molar-refractivity contribution is 6.03. The number of hydrogen-bond donors (Lipinski definition) is 1. The van der Waals surface area contributed by atoms with E-state index in [0.29, 0.717) is 5.56 Å². The number of nitrogens with one attached hydrogen (secondary N) is 1. The minimum atomic E-state index is -1.89. The summed E-state index contributed by atoms with van der Waals surface area (Å²) in [5.41, 5.74) is -1.76. The molecular weight excluding hydrogens is 642 g/mol. The Morgan fingerprint density at radius 2 is 1.22 bits per heavy atom. The Kier molecular flexibility index (Phi) is 9.91. The number of nitrogens with zero attached hydrogens (tertiary/aromatic N) is 2. The molecule has 2 heterocycles. The van der Waals surface area contributed by atoms with E-state index in [1.165, 1.54) is 19.2 Å². The second-order valence-electron chi connectivity index (χ2n) is 11.4. The maximum absolute atomic E-state index is 13.6. The van der Waals surface area contributed by atoms with Crippen LogP contribution in [0.25, 0.3) is 0 Å². The Morgan fingerprint density at radius 1 is 0.720 bits per heavy atom. The highest BCUT2D eigenvalue weighted by atomic mass is 16.7. The monoisotopic (exact) mass is 673 g/mol. The molecule has 1 aliphatic rings. The predicted molar refractivity (Wildman–Crippen MR) is 179 cm³/mol. The number of amides is 1. The van der Waals surface area contributed by atoms with Gasteiger partial charge in [-0.1, -0.05) is 72.8 Å². The third kappa shape index (κ3) is 7.35. The maximum Gasteiger partial charge on any atom is 0.351 e. The van der Waals surface area contributed by atoms with Gasteiger partial charge in [-0.3, -0.25) is 9.36 Å². The maximum atomic E-state index is 13.6. The number of rotatable bonds is 10. The summed E-state index contributed by atoms with van der Waals surface area (Å²) in [4.78, 5) is 70.3. The van der Waals surface area contributed by atoms with E-state index in [1.807, 2.05) is 0 Å². The molecule has 0 saturated carbocycles. The van der Waals surface area contributed by atoms with E-state index in [9.17, 15) is 24.0 Å². The number of benzene rings is 4. The summed E-state index contributed by atoms with van der Waals surface area (Å²) in [6, 6.07) is 34.2. The predicted octanol–water partition coefficient (Wildman–Crippen LogP) is 5.09. The zero-order valence-electron chi connectivity index (χ0n) is 26.7. The molecule has 1 aliphatic heterocycles. The molecule has 1 N–H and O–H groups in total. The molecule has 6 rings (SSSR count). The fraction of sp³-hybridized carbons (Fsp3) is 0.158. The topological polar surface area (TPSA) is 152 Å². The van der Waals surface area contributed by atoms with Gasteiger partial charge < -0.3 is 24.3 Å². The van der Waals surface area contributed by atoms with Crippen LogP contribution in [0.4, 0.5) is 5.82 Å². The number of anilines is 1. The molecule has 4 aromatic carbocycles. The number of esters is 3. The second kappa shape index (κ2) is 14.8. The van der Waals surface area contributed by atoms with Crippen LogP contribution in [0.2, 0.25) is 0 Å². The molecule has 1 aromatic heterocycles. The highest BCUT2D eigenvalue weighted by Gasteiger charge is 2.60. The summed E-state index contributed by atoms with van der Waals surface area (Å²) in [7, 11) is 0. The largest absolute Gasteiger partial charge is 0.459 e. The van der Waals surface area contributed by atoms with Gasteiger partial charge in [-0.05, 0) is 61.5 Å². The van der Waals surface area contributed by atoms with Crippen molar-refractivity contribution in [2.45, 2.75) is 31.0 Å². The number of aromatic nitrogens is 2. The van der Waals surface area contributed by atoms with Crippen LogP contribution < -0.4 is 11.0 Å². The molecule has 4 atom stereocenters. The van der Waals surface area contributed by atoms with Crippen molar-refractivity contribution < 1.29 is 38.1 Å². The summed E-state index contributed by atoms with van der Waals surface area (Å²) in [5.74, 6) is -2.77. The fourth-order valence-corrected chi connectivity index (χ4v) is 5.50. The summed E-state index contributed by atoms with van der Waals surface area (Å²) in [6.45, 7) is 1.01. The Bertz CT molecular complexity index is 2040. The zero-order chi connectivity index (χ0) is 35.1. The molecule has 252 valence electrons. The van der Waals surface area contributed by atoms with Gasteiger partial charge >= 0.3 is 23.6 Å². The van der Waals surface area contributed by atoms with Crippen molar-refractivity contribution in [3.8, 4) is 0 Å². The molecular formula is C38H31N3O9. The van der Waals surface area contributed by atoms with Crippen molar-refractivity contribution in [1.82, 2.24) is 9.55 Å². The van der Waals surface area contributed by atoms with Gasteiger partial charge in [0.25, 0.3) is 5.91 Å². The number of carbonyl (C=O) groups excluding carboxylic acids is 4. The lowest BCUT2D eigenvalue weighted by Gasteiger charge is -2.34. The molecule has 0 spiro atoms. The molecule has 0 aliphatic carbocycles. The van der Waals surface area contributed by atoms with Gasteiger partial charge in [0.15, 0.2) is 17.9 Å². The van der Waals surface area contributed by atoms with Crippen molar-refractivity contribution in [3.63, 3.8) is 0 Å². The molecule has 0 radical (unpaired) electrons. The molecule has 12 nitrogen and oxygen atoms in total. The van der Waals surface area contributed by atoms with Crippen LogP contribution in [-0.2, 0) is 18.9 Å². The van der Waals surface area contributed by atoms with Crippen LogP contribution >= 0.6 is 0 Å². The Hall–Kier alpha value is -6.40. The van der Waals surface area contributed by atoms with Crippen LogP contribution in [0.15, 0.2) is 138 Å². The van der Waals surface area contributed by atoms with E-state index < -0.39 is 60.1 Å². The lowest BCUT2D eigenvalue weighted by Crippen LogP contribution is -2.51. The normalized spacial score (nSPS) is 19.6. The zero-order valence-corrected chi connectivity index (χ0v) is 26.7. The van der Waals surface area contributed by atoms with E-state index in [-0.39, 0.29) is 22.5 Å².